The summed E-state index contributed by atoms with van der Waals surface area (Å²) in [6.07, 6.45) is 4.76. The number of likely N-dealkylation sites (tertiary alicyclic amines) is 1. The van der Waals surface area contributed by atoms with Gasteiger partial charge in [-0.2, -0.15) is 0 Å². The van der Waals surface area contributed by atoms with Crippen molar-refractivity contribution in [3.05, 3.63) is 46.2 Å². The predicted molar refractivity (Wildman–Crippen MR) is 128 cm³/mol. The summed E-state index contributed by atoms with van der Waals surface area (Å²) in [5, 5.41) is 4.98. The maximum Gasteiger partial charge on any atom is 0.256 e. The Morgan fingerprint density at radius 2 is 1.68 bits per heavy atom. The fourth-order valence-electron chi connectivity index (χ4n) is 4.47. The summed E-state index contributed by atoms with van der Waals surface area (Å²) >= 11 is 1.58. The molecular weight excluding hydrogens is 406 g/mol. The van der Waals surface area contributed by atoms with Gasteiger partial charge in [-0.05, 0) is 67.2 Å². The Morgan fingerprint density at radius 3 is 2.32 bits per heavy atom. The van der Waals surface area contributed by atoms with Gasteiger partial charge in [0.05, 0.1) is 12.0 Å². The molecule has 1 aromatic carbocycles. The number of carbonyl (C=O) groups is 2. The molecule has 3 heterocycles. The van der Waals surface area contributed by atoms with Crippen LogP contribution in [0.3, 0.4) is 0 Å². The van der Waals surface area contributed by atoms with Crippen LogP contribution in [0, 0.1) is 11.8 Å². The predicted octanol–water partition coefficient (Wildman–Crippen LogP) is 5.04. The second-order valence-corrected chi connectivity index (χ2v) is 10.2. The molecule has 0 spiro atoms. The van der Waals surface area contributed by atoms with Crippen LogP contribution >= 0.6 is 11.3 Å². The lowest BCUT2D eigenvalue weighted by Crippen LogP contribution is -2.40. The first kappa shape index (κ1) is 21.9. The van der Waals surface area contributed by atoms with Crippen molar-refractivity contribution in [2.24, 2.45) is 11.8 Å². The van der Waals surface area contributed by atoms with Crippen LogP contribution in [0.4, 0.5) is 11.4 Å². The van der Waals surface area contributed by atoms with Crippen LogP contribution in [0.5, 0.6) is 0 Å². The van der Waals surface area contributed by atoms with Gasteiger partial charge in [-0.25, -0.2) is 0 Å². The molecule has 0 atom stereocenters. The summed E-state index contributed by atoms with van der Waals surface area (Å²) in [6, 6.07) is 9.78. The molecule has 1 aromatic heterocycles. The topological polar surface area (TPSA) is 52.7 Å². The molecule has 1 N–H and O–H groups in total. The SMILES string of the molecule is CC1CCN(C(=O)c2cc(NC(=O)Cc3cccs3)ccc2N2CCC(C)CC2)CC1. The van der Waals surface area contributed by atoms with E-state index in [0.717, 1.165) is 73.9 Å². The standard InChI is InChI=1S/C25H33N3O2S/c1-18-7-11-27(12-8-18)23-6-5-20(26-24(29)17-21-4-3-15-31-21)16-22(23)25(30)28-13-9-19(2)10-14-28/h3-6,15-16,18-19H,7-14,17H2,1-2H3,(H,26,29). The summed E-state index contributed by atoms with van der Waals surface area (Å²) in [7, 11) is 0. The highest BCUT2D eigenvalue weighted by Gasteiger charge is 2.27. The van der Waals surface area contributed by atoms with Gasteiger partial charge in [-0.15, -0.1) is 11.3 Å². The second-order valence-electron chi connectivity index (χ2n) is 9.18. The molecular formula is C25H33N3O2S. The molecule has 0 radical (unpaired) electrons. The molecule has 166 valence electrons. The van der Waals surface area contributed by atoms with E-state index in [0.29, 0.717) is 18.0 Å². The second kappa shape index (κ2) is 9.86. The van der Waals surface area contributed by atoms with E-state index in [1.807, 2.05) is 40.6 Å². The zero-order chi connectivity index (χ0) is 21.8. The number of thiophene rings is 1. The van der Waals surface area contributed by atoms with Crippen molar-refractivity contribution in [1.82, 2.24) is 4.90 Å². The van der Waals surface area contributed by atoms with E-state index in [-0.39, 0.29) is 11.8 Å². The van der Waals surface area contributed by atoms with E-state index in [1.165, 1.54) is 0 Å². The van der Waals surface area contributed by atoms with Gasteiger partial charge in [0.2, 0.25) is 5.91 Å². The zero-order valence-corrected chi connectivity index (χ0v) is 19.4. The minimum atomic E-state index is -0.0489. The largest absolute Gasteiger partial charge is 0.371 e. The van der Waals surface area contributed by atoms with Crippen LogP contribution in [-0.2, 0) is 11.2 Å². The third-order valence-corrected chi connectivity index (χ3v) is 7.50. The minimum Gasteiger partial charge on any atom is -0.371 e. The lowest BCUT2D eigenvalue weighted by molar-refractivity contribution is -0.115. The van der Waals surface area contributed by atoms with Gasteiger partial charge in [0.25, 0.3) is 5.91 Å². The van der Waals surface area contributed by atoms with E-state index in [9.17, 15) is 9.59 Å². The van der Waals surface area contributed by atoms with Crippen LogP contribution in [0.25, 0.3) is 0 Å². The van der Waals surface area contributed by atoms with Crippen molar-refractivity contribution in [1.29, 1.82) is 0 Å². The summed E-state index contributed by atoms with van der Waals surface area (Å²) in [6.45, 7) is 8.12. The first-order valence-electron chi connectivity index (χ1n) is 11.5. The van der Waals surface area contributed by atoms with Gasteiger partial charge in [-0.3, -0.25) is 9.59 Å². The van der Waals surface area contributed by atoms with Gasteiger partial charge < -0.3 is 15.1 Å². The van der Waals surface area contributed by atoms with Crippen molar-refractivity contribution >= 4 is 34.5 Å². The van der Waals surface area contributed by atoms with Crippen LogP contribution in [0.2, 0.25) is 0 Å². The van der Waals surface area contributed by atoms with Gasteiger partial charge in [-0.1, -0.05) is 19.9 Å². The number of piperidine rings is 2. The number of anilines is 2. The molecule has 0 saturated carbocycles. The molecule has 2 amide bonds. The highest BCUT2D eigenvalue weighted by Crippen LogP contribution is 2.31. The normalized spacial score (nSPS) is 18.3. The molecule has 4 rings (SSSR count). The Morgan fingerprint density at radius 1 is 1.00 bits per heavy atom. The molecule has 0 bridgehead atoms. The van der Waals surface area contributed by atoms with Gasteiger partial charge in [0, 0.05) is 42.4 Å². The van der Waals surface area contributed by atoms with Gasteiger partial charge in [0.1, 0.15) is 0 Å². The third kappa shape index (κ3) is 5.48. The molecule has 2 aliphatic rings. The molecule has 2 fully saturated rings. The molecule has 5 nitrogen and oxygen atoms in total. The van der Waals surface area contributed by atoms with E-state index < -0.39 is 0 Å². The number of nitrogens with zero attached hydrogens (tertiary/aromatic N) is 2. The molecule has 2 aromatic rings. The quantitative estimate of drug-likeness (QED) is 0.710. The van der Waals surface area contributed by atoms with Crippen molar-refractivity contribution in [3.8, 4) is 0 Å². The lowest BCUT2D eigenvalue weighted by Gasteiger charge is -2.35. The van der Waals surface area contributed by atoms with Crippen molar-refractivity contribution < 1.29 is 9.59 Å². The zero-order valence-electron chi connectivity index (χ0n) is 18.6. The highest BCUT2D eigenvalue weighted by molar-refractivity contribution is 7.10. The lowest BCUT2D eigenvalue weighted by atomic mass is 9.96. The fraction of sp³-hybridized carbons (Fsp3) is 0.520. The fourth-order valence-corrected chi connectivity index (χ4v) is 5.17. The summed E-state index contributed by atoms with van der Waals surface area (Å²) in [5.74, 6) is 1.45. The maximum atomic E-state index is 13.5. The number of hydrogen-bond acceptors (Lipinski definition) is 4. The van der Waals surface area contributed by atoms with Crippen molar-refractivity contribution in [2.45, 2.75) is 46.0 Å². The number of carbonyl (C=O) groups excluding carboxylic acids is 2. The average Bonchev–Trinajstić information content (AvgIpc) is 3.27. The Hall–Kier alpha value is -2.34. The van der Waals surface area contributed by atoms with Crippen LogP contribution in [0.15, 0.2) is 35.7 Å². The van der Waals surface area contributed by atoms with Crippen LogP contribution < -0.4 is 10.2 Å². The Balaban J connectivity index is 1.56. The Kier molecular flexibility index (Phi) is 6.96. The Bertz CT molecular complexity index is 895. The van der Waals surface area contributed by atoms with E-state index in [1.54, 1.807) is 11.3 Å². The van der Waals surface area contributed by atoms with Crippen LogP contribution in [0.1, 0.15) is 54.8 Å². The van der Waals surface area contributed by atoms with E-state index >= 15 is 0 Å². The van der Waals surface area contributed by atoms with E-state index in [4.69, 9.17) is 0 Å². The van der Waals surface area contributed by atoms with Gasteiger partial charge in [0.15, 0.2) is 0 Å². The number of hydrogen-bond donors (Lipinski definition) is 1. The monoisotopic (exact) mass is 439 g/mol. The smallest absolute Gasteiger partial charge is 0.256 e. The molecule has 2 aliphatic heterocycles. The van der Waals surface area contributed by atoms with Crippen molar-refractivity contribution in [2.75, 3.05) is 36.4 Å². The Labute approximate surface area is 189 Å². The highest BCUT2D eigenvalue weighted by atomic mass is 32.1. The summed E-state index contributed by atoms with van der Waals surface area (Å²) in [4.78, 5) is 31.4. The van der Waals surface area contributed by atoms with E-state index in [2.05, 4.69) is 24.1 Å². The number of nitrogens with one attached hydrogen (secondary N) is 1. The first-order chi connectivity index (χ1) is 15.0. The maximum absolute atomic E-state index is 13.5. The average molecular weight is 440 g/mol. The molecule has 0 unspecified atom stereocenters. The number of amides is 2. The molecule has 31 heavy (non-hydrogen) atoms. The molecule has 2 saturated heterocycles. The van der Waals surface area contributed by atoms with Gasteiger partial charge >= 0.3 is 0 Å². The number of rotatable bonds is 5. The molecule has 0 aliphatic carbocycles. The minimum absolute atomic E-state index is 0.0489. The third-order valence-electron chi connectivity index (χ3n) is 6.62. The van der Waals surface area contributed by atoms with Crippen LogP contribution in [-0.4, -0.2) is 42.9 Å². The van der Waals surface area contributed by atoms with Crippen molar-refractivity contribution in [3.63, 3.8) is 0 Å². The summed E-state index contributed by atoms with van der Waals surface area (Å²) in [5.41, 5.74) is 2.43. The molecule has 6 heteroatoms. The summed E-state index contributed by atoms with van der Waals surface area (Å²) < 4.78 is 0. The number of benzene rings is 1. The first-order valence-corrected chi connectivity index (χ1v) is 12.4.